The Morgan fingerprint density at radius 3 is 2.90 bits per heavy atom. The van der Waals surface area contributed by atoms with Gasteiger partial charge in [0.25, 0.3) is 4.96 Å². The highest BCUT2D eigenvalue weighted by Crippen LogP contribution is 2.33. The van der Waals surface area contributed by atoms with Crippen molar-refractivity contribution in [2.75, 3.05) is 5.32 Å². The maximum atomic E-state index is 11.3. The molecule has 1 saturated carbocycles. The monoisotopic (exact) mass is 308 g/mol. The first-order valence-electron chi connectivity index (χ1n) is 7.55. The fourth-order valence-corrected chi connectivity index (χ4v) is 3.95. The first-order chi connectivity index (χ1) is 10.2. The molecule has 0 spiro atoms. The number of aromatic nitrogens is 2. The minimum atomic E-state index is -0.349. The summed E-state index contributed by atoms with van der Waals surface area (Å²) in [7, 11) is 0. The topological polar surface area (TPSA) is 72.5 Å². The smallest absolute Gasteiger partial charge is 0.360 e. The molecule has 1 fully saturated rings. The normalized spacial score (nSPS) is 22.5. The summed E-state index contributed by atoms with van der Waals surface area (Å²) in [5.74, 6) is 1.31. The molecule has 0 aromatic carbocycles. The summed E-state index contributed by atoms with van der Waals surface area (Å²) in [6.07, 6.45) is 8.82. The van der Waals surface area contributed by atoms with Crippen LogP contribution in [-0.2, 0) is 0 Å². The zero-order valence-electron chi connectivity index (χ0n) is 12.1. The van der Waals surface area contributed by atoms with Gasteiger partial charge in [-0.15, -0.1) is 0 Å². The van der Waals surface area contributed by atoms with Crippen molar-refractivity contribution in [2.45, 2.75) is 51.5 Å². The number of hydrogen-bond acceptors (Lipinski definition) is 5. The van der Waals surface area contributed by atoms with Crippen LogP contribution >= 0.6 is 11.3 Å². The number of imidazole rings is 1. The summed E-state index contributed by atoms with van der Waals surface area (Å²) in [6.45, 7) is 2.23. The second-order valence-electron chi connectivity index (χ2n) is 5.75. The first-order valence-corrected chi connectivity index (χ1v) is 8.43. The molecule has 7 heteroatoms. The van der Waals surface area contributed by atoms with Crippen molar-refractivity contribution < 1.29 is 4.92 Å². The van der Waals surface area contributed by atoms with E-state index >= 15 is 0 Å². The van der Waals surface area contributed by atoms with Crippen molar-refractivity contribution in [3.8, 4) is 0 Å². The highest BCUT2D eigenvalue weighted by Gasteiger charge is 2.27. The molecule has 3 rings (SSSR count). The van der Waals surface area contributed by atoms with Crippen LogP contribution in [0.4, 0.5) is 11.6 Å². The maximum Gasteiger partial charge on any atom is 0.372 e. The van der Waals surface area contributed by atoms with Crippen LogP contribution in [0.5, 0.6) is 0 Å². The average Bonchev–Trinajstić information content (AvgIpc) is 3.01. The van der Waals surface area contributed by atoms with Crippen molar-refractivity contribution in [1.82, 2.24) is 9.38 Å². The van der Waals surface area contributed by atoms with Gasteiger partial charge in [-0.05, 0) is 36.5 Å². The fraction of sp³-hybridized carbons (Fsp3) is 0.643. The molecule has 0 amide bonds. The Hall–Kier alpha value is -1.63. The van der Waals surface area contributed by atoms with Crippen molar-refractivity contribution in [3.05, 3.63) is 21.7 Å². The van der Waals surface area contributed by atoms with Crippen LogP contribution in [0.2, 0.25) is 0 Å². The lowest BCUT2D eigenvalue weighted by Gasteiger charge is -2.28. The Morgan fingerprint density at radius 1 is 1.48 bits per heavy atom. The van der Waals surface area contributed by atoms with Gasteiger partial charge in [0.15, 0.2) is 0 Å². The lowest BCUT2D eigenvalue weighted by molar-refractivity contribution is -0.389. The standard InChI is InChI=1S/C14H20N4O2S/c1-2-3-10-4-6-11(7-5-10)15-12-13(18(19)20)17-8-9-21-14(17)16-12/h8-11,15H,2-7H2,1H3. The van der Waals surface area contributed by atoms with Crippen molar-refractivity contribution in [1.29, 1.82) is 0 Å². The third-order valence-corrected chi connectivity index (χ3v) is 5.05. The summed E-state index contributed by atoms with van der Waals surface area (Å²) in [5.41, 5.74) is 0. The maximum absolute atomic E-state index is 11.3. The molecular weight excluding hydrogens is 288 g/mol. The van der Waals surface area contributed by atoms with Crippen LogP contribution in [0.1, 0.15) is 45.4 Å². The number of fused-ring (bicyclic) bond motifs is 1. The number of nitrogens with zero attached hydrogens (tertiary/aromatic N) is 3. The molecule has 0 radical (unpaired) electrons. The quantitative estimate of drug-likeness (QED) is 0.667. The van der Waals surface area contributed by atoms with E-state index in [-0.39, 0.29) is 10.7 Å². The second-order valence-corrected chi connectivity index (χ2v) is 6.62. The molecule has 0 unspecified atom stereocenters. The molecule has 0 aliphatic heterocycles. The molecular formula is C14H20N4O2S. The molecule has 0 bridgehead atoms. The largest absolute Gasteiger partial charge is 0.372 e. The molecule has 1 aliphatic rings. The van der Waals surface area contributed by atoms with Gasteiger partial charge < -0.3 is 15.4 Å². The van der Waals surface area contributed by atoms with Crippen LogP contribution in [0.25, 0.3) is 4.96 Å². The zero-order valence-corrected chi connectivity index (χ0v) is 12.9. The van der Waals surface area contributed by atoms with Gasteiger partial charge in [0, 0.05) is 11.4 Å². The van der Waals surface area contributed by atoms with E-state index in [1.807, 2.05) is 5.38 Å². The van der Waals surface area contributed by atoms with Crippen LogP contribution in [0, 0.1) is 16.0 Å². The van der Waals surface area contributed by atoms with Gasteiger partial charge in [-0.3, -0.25) is 0 Å². The Bertz CT molecular complexity index is 628. The molecule has 1 aliphatic carbocycles. The van der Waals surface area contributed by atoms with E-state index in [9.17, 15) is 10.1 Å². The minimum Gasteiger partial charge on any atom is -0.360 e. The molecule has 2 heterocycles. The third-order valence-electron chi connectivity index (χ3n) is 4.29. The van der Waals surface area contributed by atoms with Crippen molar-refractivity contribution in [2.24, 2.45) is 5.92 Å². The minimum absolute atomic E-state index is 0.0573. The Morgan fingerprint density at radius 2 is 2.24 bits per heavy atom. The lowest BCUT2D eigenvalue weighted by Crippen LogP contribution is -2.26. The number of hydrogen-bond donors (Lipinski definition) is 1. The van der Waals surface area contributed by atoms with E-state index in [1.165, 1.54) is 37.0 Å². The van der Waals surface area contributed by atoms with Crippen LogP contribution in [0.15, 0.2) is 11.6 Å². The lowest BCUT2D eigenvalue weighted by atomic mass is 9.83. The Balaban J connectivity index is 1.72. The van der Waals surface area contributed by atoms with E-state index in [4.69, 9.17) is 0 Å². The van der Waals surface area contributed by atoms with Crippen LogP contribution in [0.3, 0.4) is 0 Å². The summed E-state index contributed by atoms with van der Waals surface area (Å²) in [4.78, 5) is 16.0. The number of rotatable bonds is 5. The third kappa shape index (κ3) is 2.88. The van der Waals surface area contributed by atoms with E-state index in [1.54, 1.807) is 10.6 Å². The molecule has 21 heavy (non-hydrogen) atoms. The van der Waals surface area contributed by atoms with E-state index < -0.39 is 0 Å². The predicted octanol–water partition coefficient (Wildman–Crippen LogP) is 4.07. The Labute approximate surface area is 127 Å². The second kappa shape index (κ2) is 6.01. The summed E-state index contributed by atoms with van der Waals surface area (Å²) >= 11 is 1.42. The zero-order chi connectivity index (χ0) is 14.8. The van der Waals surface area contributed by atoms with Gasteiger partial charge in [-0.2, -0.15) is 9.38 Å². The average molecular weight is 308 g/mol. The number of nitrogens with one attached hydrogen (secondary N) is 1. The molecule has 2 aromatic rings. The molecule has 114 valence electrons. The van der Waals surface area contributed by atoms with Gasteiger partial charge in [0.1, 0.15) is 6.20 Å². The molecule has 0 saturated heterocycles. The number of thiazole rings is 1. The number of nitro groups is 1. The summed E-state index contributed by atoms with van der Waals surface area (Å²) in [5, 5.41) is 16.4. The van der Waals surface area contributed by atoms with Gasteiger partial charge >= 0.3 is 5.82 Å². The molecule has 2 aromatic heterocycles. The Kier molecular flexibility index (Phi) is 4.10. The van der Waals surface area contributed by atoms with E-state index in [0.29, 0.717) is 16.8 Å². The SMILES string of the molecule is CCCC1CCC(Nc2nc3sccn3c2[N+](=O)[O-])CC1. The number of anilines is 1. The van der Waals surface area contributed by atoms with Gasteiger partial charge in [-0.25, -0.2) is 0 Å². The highest BCUT2D eigenvalue weighted by molar-refractivity contribution is 7.15. The molecule has 0 atom stereocenters. The van der Waals surface area contributed by atoms with Crippen LogP contribution < -0.4 is 5.32 Å². The van der Waals surface area contributed by atoms with E-state index in [0.717, 1.165) is 18.8 Å². The van der Waals surface area contributed by atoms with Gasteiger partial charge in [-0.1, -0.05) is 31.1 Å². The predicted molar refractivity (Wildman–Crippen MR) is 84.0 cm³/mol. The van der Waals surface area contributed by atoms with E-state index in [2.05, 4.69) is 17.2 Å². The fourth-order valence-electron chi connectivity index (χ4n) is 3.24. The van der Waals surface area contributed by atoms with Crippen molar-refractivity contribution in [3.63, 3.8) is 0 Å². The molecule has 1 N–H and O–H groups in total. The van der Waals surface area contributed by atoms with Gasteiger partial charge in [0.05, 0.1) is 0 Å². The summed E-state index contributed by atoms with van der Waals surface area (Å²) < 4.78 is 1.55. The molecule has 6 nitrogen and oxygen atoms in total. The summed E-state index contributed by atoms with van der Waals surface area (Å²) in [6, 6.07) is 0.307. The first kappa shape index (κ1) is 14.3. The van der Waals surface area contributed by atoms with Crippen LogP contribution in [-0.4, -0.2) is 20.3 Å². The van der Waals surface area contributed by atoms with Crippen molar-refractivity contribution >= 4 is 27.9 Å². The highest BCUT2D eigenvalue weighted by atomic mass is 32.1. The van der Waals surface area contributed by atoms with Gasteiger partial charge in [0.2, 0.25) is 5.82 Å².